The molecular weight excluding hydrogens is 192 g/mol. The van der Waals surface area contributed by atoms with Crippen LogP contribution in [0.1, 0.15) is 33.1 Å². The number of Topliss-reactive ketones (excluding diaryl/α,β-unsaturated/α-hetero) is 1. The molecule has 0 aromatic carbocycles. The second kappa shape index (κ2) is 4.62. The predicted octanol–water partition coefficient (Wildman–Crippen LogP) is 2.00. The summed E-state index contributed by atoms with van der Waals surface area (Å²) in [5.41, 5.74) is 0. The molecule has 0 bridgehead atoms. The number of carbonyl (C=O) groups excluding carboxylic acids is 1. The molecule has 0 aromatic rings. The highest BCUT2D eigenvalue weighted by molar-refractivity contribution is 5.84. The lowest BCUT2D eigenvalue weighted by Gasteiger charge is -2.43. The van der Waals surface area contributed by atoms with Crippen LogP contribution in [-0.4, -0.2) is 25.3 Å². The fourth-order valence-electron chi connectivity index (χ4n) is 2.99. The van der Waals surface area contributed by atoms with Gasteiger partial charge in [0.25, 0.3) is 0 Å². The first-order chi connectivity index (χ1) is 7.27. The SMILES string of the molecule is CCOC(OCC)C1CC2CCC(=O)C21. The van der Waals surface area contributed by atoms with Crippen LogP contribution in [0.3, 0.4) is 0 Å². The summed E-state index contributed by atoms with van der Waals surface area (Å²) < 4.78 is 11.1. The van der Waals surface area contributed by atoms with Crippen LogP contribution in [0.5, 0.6) is 0 Å². The zero-order valence-corrected chi connectivity index (χ0v) is 9.57. The van der Waals surface area contributed by atoms with Gasteiger partial charge >= 0.3 is 0 Å². The molecule has 3 atom stereocenters. The molecule has 15 heavy (non-hydrogen) atoms. The minimum Gasteiger partial charge on any atom is -0.353 e. The number of hydrogen-bond acceptors (Lipinski definition) is 3. The molecular formula is C12H20O3. The zero-order chi connectivity index (χ0) is 10.8. The molecule has 2 aliphatic carbocycles. The van der Waals surface area contributed by atoms with E-state index in [-0.39, 0.29) is 12.2 Å². The number of carbonyl (C=O) groups is 1. The van der Waals surface area contributed by atoms with Crippen molar-refractivity contribution in [2.75, 3.05) is 13.2 Å². The molecule has 2 rings (SSSR count). The summed E-state index contributed by atoms with van der Waals surface area (Å²) in [5.74, 6) is 1.63. The normalized spacial score (nSPS) is 34.3. The fraction of sp³-hybridized carbons (Fsp3) is 0.917. The molecule has 3 nitrogen and oxygen atoms in total. The van der Waals surface area contributed by atoms with Crippen LogP contribution < -0.4 is 0 Å². The highest BCUT2D eigenvalue weighted by Crippen LogP contribution is 2.51. The summed E-state index contributed by atoms with van der Waals surface area (Å²) in [4.78, 5) is 11.6. The Morgan fingerprint density at radius 1 is 1.33 bits per heavy atom. The van der Waals surface area contributed by atoms with Crippen LogP contribution in [0.4, 0.5) is 0 Å². The monoisotopic (exact) mass is 212 g/mol. The maximum atomic E-state index is 11.6. The molecule has 0 N–H and O–H groups in total. The Labute approximate surface area is 91.1 Å². The van der Waals surface area contributed by atoms with Crippen LogP contribution in [0.2, 0.25) is 0 Å². The van der Waals surface area contributed by atoms with Crippen LogP contribution in [-0.2, 0) is 14.3 Å². The van der Waals surface area contributed by atoms with Gasteiger partial charge in [0, 0.05) is 31.5 Å². The molecule has 0 saturated heterocycles. The van der Waals surface area contributed by atoms with Crippen molar-refractivity contribution in [1.29, 1.82) is 0 Å². The van der Waals surface area contributed by atoms with Gasteiger partial charge in [-0.3, -0.25) is 4.79 Å². The summed E-state index contributed by atoms with van der Waals surface area (Å²) in [6.45, 7) is 5.26. The molecule has 2 aliphatic rings. The number of ether oxygens (including phenoxy) is 2. The van der Waals surface area contributed by atoms with Crippen LogP contribution in [0, 0.1) is 17.8 Å². The molecule has 0 heterocycles. The second-order valence-electron chi connectivity index (χ2n) is 4.47. The molecule has 2 saturated carbocycles. The van der Waals surface area contributed by atoms with Crippen LogP contribution in [0.25, 0.3) is 0 Å². The van der Waals surface area contributed by atoms with Crippen molar-refractivity contribution < 1.29 is 14.3 Å². The molecule has 0 amide bonds. The van der Waals surface area contributed by atoms with Crippen LogP contribution in [0.15, 0.2) is 0 Å². The Balaban J connectivity index is 1.94. The van der Waals surface area contributed by atoms with Gasteiger partial charge in [-0.2, -0.15) is 0 Å². The van der Waals surface area contributed by atoms with Crippen LogP contribution >= 0.6 is 0 Å². The standard InChI is InChI=1S/C12H20O3/c1-3-14-12(15-4-2)9-7-8-5-6-10(13)11(8)9/h8-9,11-12H,3-7H2,1-2H3. The van der Waals surface area contributed by atoms with E-state index in [9.17, 15) is 4.79 Å². The van der Waals surface area contributed by atoms with E-state index in [2.05, 4.69) is 0 Å². The van der Waals surface area contributed by atoms with Gasteiger partial charge in [0.2, 0.25) is 0 Å². The molecule has 0 radical (unpaired) electrons. The van der Waals surface area contributed by atoms with Gasteiger partial charge in [0.15, 0.2) is 6.29 Å². The van der Waals surface area contributed by atoms with Gasteiger partial charge in [-0.25, -0.2) is 0 Å². The molecule has 2 fully saturated rings. The van der Waals surface area contributed by atoms with E-state index in [0.717, 1.165) is 19.3 Å². The Morgan fingerprint density at radius 3 is 2.53 bits per heavy atom. The topological polar surface area (TPSA) is 35.5 Å². The summed E-state index contributed by atoms with van der Waals surface area (Å²) in [5, 5.41) is 0. The average molecular weight is 212 g/mol. The lowest BCUT2D eigenvalue weighted by Crippen LogP contribution is -2.46. The molecule has 0 spiro atoms. The first-order valence-corrected chi connectivity index (χ1v) is 6.03. The van der Waals surface area contributed by atoms with E-state index >= 15 is 0 Å². The van der Waals surface area contributed by atoms with Crippen molar-refractivity contribution in [2.45, 2.75) is 39.4 Å². The Morgan fingerprint density at radius 2 is 2.00 bits per heavy atom. The predicted molar refractivity (Wildman–Crippen MR) is 56.4 cm³/mol. The highest BCUT2D eigenvalue weighted by atomic mass is 16.7. The van der Waals surface area contributed by atoms with E-state index in [1.165, 1.54) is 0 Å². The second-order valence-corrected chi connectivity index (χ2v) is 4.47. The smallest absolute Gasteiger partial charge is 0.161 e. The quantitative estimate of drug-likeness (QED) is 0.654. The molecule has 0 aromatic heterocycles. The van der Waals surface area contributed by atoms with Gasteiger partial charge in [-0.05, 0) is 32.6 Å². The maximum absolute atomic E-state index is 11.6. The van der Waals surface area contributed by atoms with Gasteiger partial charge in [-0.1, -0.05) is 0 Å². The zero-order valence-electron chi connectivity index (χ0n) is 9.57. The van der Waals surface area contributed by atoms with Crippen molar-refractivity contribution >= 4 is 5.78 Å². The minimum absolute atomic E-state index is 0.150. The Kier molecular flexibility index (Phi) is 3.42. The van der Waals surface area contributed by atoms with Crippen molar-refractivity contribution in [1.82, 2.24) is 0 Å². The van der Waals surface area contributed by atoms with Crippen molar-refractivity contribution in [3.63, 3.8) is 0 Å². The molecule has 0 aliphatic heterocycles. The summed E-state index contributed by atoms with van der Waals surface area (Å²) in [7, 11) is 0. The maximum Gasteiger partial charge on any atom is 0.161 e. The van der Waals surface area contributed by atoms with E-state index < -0.39 is 0 Å². The first kappa shape index (κ1) is 11.1. The Hall–Kier alpha value is -0.410. The van der Waals surface area contributed by atoms with Crippen molar-refractivity contribution in [3.05, 3.63) is 0 Å². The van der Waals surface area contributed by atoms with Gasteiger partial charge in [0.1, 0.15) is 5.78 Å². The van der Waals surface area contributed by atoms with E-state index in [0.29, 0.717) is 30.8 Å². The lowest BCUT2D eigenvalue weighted by atomic mass is 9.66. The van der Waals surface area contributed by atoms with Crippen molar-refractivity contribution in [2.24, 2.45) is 17.8 Å². The van der Waals surface area contributed by atoms with Crippen molar-refractivity contribution in [3.8, 4) is 0 Å². The number of hydrogen-bond donors (Lipinski definition) is 0. The van der Waals surface area contributed by atoms with E-state index in [4.69, 9.17) is 9.47 Å². The van der Waals surface area contributed by atoms with Gasteiger partial charge < -0.3 is 9.47 Å². The molecule has 3 unspecified atom stereocenters. The lowest BCUT2D eigenvalue weighted by molar-refractivity contribution is -0.204. The van der Waals surface area contributed by atoms with Gasteiger partial charge in [-0.15, -0.1) is 0 Å². The number of ketones is 1. The number of rotatable bonds is 5. The van der Waals surface area contributed by atoms with E-state index in [1.807, 2.05) is 13.8 Å². The van der Waals surface area contributed by atoms with Gasteiger partial charge in [0.05, 0.1) is 0 Å². The minimum atomic E-state index is -0.150. The summed E-state index contributed by atoms with van der Waals surface area (Å²) >= 11 is 0. The molecule has 86 valence electrons. The third kappa shape index (κ3) is 1.95. The largest absolute Gasteiger partial charge is 0.353 e. The average Bonchev–Trinajstić information content (AvgIpc) is 2.42. The summed E-state index contributed by atoms with van der Waals surface area (Å²) in [6, 6.07) is 0. The third-order valence-corrected chi connectivity index (χ3v) is 3.69. The summed E-state index contributed by atoms with van der Waals surface area (Å²) in [6.07, 6.45) is 2.83. The number of fused-ring (bicyclic) bond motifs is 1. The Bertz CT molecular complexity index is 233. The first-order valence-electron chi connectivity index (χ1n) is 6.03. The third-order valence-electron chi connectivity index (χ3n) is 3.69. The molecule has 3 heteroatoms. The van der Waals surface area contributed by atoms with E-state index in [1.54, 1.807) is 0 Å². The fourth-order valence-corrected chi connectivity index (χ4v) is 2.99. The highest BCUT2D eigenvalue weighted by Gasteiger charge is 2.52.